The molecular weight excluding hydrogens is 282 g/mol. The molecule has 1 N–H and O–H groups in total. The first-order chi connectivity index (χ1) is 9.56. The molecule has 0 aromatic heterocycles. The number of carbonyl (C=O) groups excluding carboxylic acids is 2. The van der Waals surface area contributed by atoms with Gasteiger partial charge in [0.1, 0.15) is 0 Å². The minimum absolute atomic E-state index is 0.324. The van der Waals surface area contributed by atoms with Gasteiger partial charge in [-0.2, -0.15) is 0 Å². The van der Waals surface area contributed by atoms with Crippen LogP contribution in [0, 0.1) is 11.8 Å². The molecule has 4 atom stereocenters. The average Bonchev–Trinajstić information content (AvgIpc) is 3.01. The highest BCUT2D eigenvalue weighted by Crippen LogP contribution is 2.43. The van der Waals surface area contributed by atoms with Crippen LogP contribution in [0.15, 0.2) is 24.3 Å². The molecule has 5 nitrogen and oxygen atoms in total. The molecule has 106 valence electrons. The number of amides is 1. The summed E-state index contributed by atoms with van der Waals surface area (Å²) in [6.45, 7) is 0. The number of rotatable bonds is 3. The van der Waals surface area contributed by atoms with Crippen LogP contribution in [0.4, 0.5) is 5.69 Å². The zero-order chi connectivity index (χ0) is 14.3. The molecule has 1 amide bonds. The van der Waals surface area contributed by atoms with Gasteiger partial charge in [-0.1, -0.05) is 11.6 Å². The third kappa shape index (κ3) is 2.27. The first-order valence-electron chi connectivity index (χ1n) is 6.49. The number of carboxylic acid groups (broad SMARTS) is 1. The van der Waals surface area contributed by atoms with E-state index in [0.29, 0.717) is 23.6 Å². The molecule has 2 bridgehead atoms. The van der Waals surface area contributed by atoms with Crippen LogP contribution < -0.4 is 10.4 Å². The summed E-state index contributed by atoms with van der Waals surface area (Å²) in [7, 11) is 0. The molecule has 2 fully saturated rings. The summed E-state index contributed by atoms with van der Waals surface area (Å²) in [5.74, 6) is -3.10. The maximum absolute atomic E-state index is 12.3. The monoisotopic (exact) mass is 294 g/mol. The number of benzene rings is 1. The minimum atomic E-state index is -1.21. The van der Waals surface area contributed by atoms with Crippen molar-refractivity contribution < 1.29 is 19.4 Å². The van der Waals surface area contributed by atoms with Crippen molar-refractivity contribution in [2.75, 3.05) is 5.32 Å². The summed E-state index contributed by atoms with van der Waals surface area (Å²) in [6, 6.07) is 6.65. The van der Waals surface area contributed by atoms with E-state index >= 15 is 0 Å². The van der Waals surface area contributed by atoms with E-state index < -0.39 is 23.9 Å². The summed E-state index contributed by atoms with van der Waals surface area (Å²) in [4.78, 5) is 23.5. The largest absolute Gasteiger partial charge is 0.550 e. The number of carboxylic acids is 1. The normalized spacial score (nSPS) is 31.2. The summed E-state index contributed by atoms with van der Waals surface area (Å²) in [5.41, 5.74) is 0.583. The fourth-order valence-electron chi connectivity index (χ4n) is 3.07. The molecule has 0 spiro atoms. The van der Waals surface area contributed by atoms with E-state index in [1.807, 2.05) is 0 Å². The van der Waals surface area contributed by atoms with E-state index in [0.717, 1.165) is 0 Å². The van der Waals surface area contributed by atoms with Crippen molar-refractivity contribution in [1.82, 2.24) is 0 Å². The number of hydrogen-bond donors (Lipinski definition) is 1. The quantitative estimate of drug-likeness (QED) is 0.895. The fourth-order valence-corrected chi connectivity index (χ4v) is 3.20. The highest BCUT2D eigenvalue weighted by Gasteiger charge is 2.52. The zero-order valence-corrected chi connectivity index (χ0v) is 11.3. The van der Waals surface area contributed by atoms with E-state index in [1.54, 1.807) is 24.3 Å². The number of hydrogen-bond acceptors (Lipinski definition) is 4. The number of fused-ring (bicyclic) bond motifs is 2. The van der Waals surface area contributed by atoms with Gasteiger partial charge in [-0.05, 0) is 37.1 Å². The molecule has 6 heteroatoms. The van der Waals surface area contributed by atoms with Crippen LogP contribution in [0.2, 0.25) is 5.02 Å². The van der Waals surface area contributed by atoms with Gasteiger partial charge in [0, 0.05) is 22.6 Å². The second-order valence-corrected chi connectivity index (χ2v) is 5.59. The molecule has 0 saturated carbocycles. The van der Waals surface area contributed by atoms with E-state index in [2.05, 4.69) is 5.32 Å². The zero-order valence-electron chi connectivity index (χ0n) is 10.5. The van der Waals surface area contributed by atoms with Crippen molar-refractivity contribution in [1.29, 1.82) is 0 Å². The summed E-state index contributed by atoms with van der Waals surface area (Å²) in [6.07, 6.45) is 0.669. The van der Waals surface area contributed by atoms with Crippen molar-refractivity contribution in [2.45, 2.75) is 25.0 Å². The van der Waals surface area contributed by atoms with Crippen LogP contribution in [0.25, 0.3) is 0 Å². The van der Waals surface area contributed by atoms with E-state index in [4.69, 9.17) is 16.3 Å². The van der Waals surface area contributed by atoms with Crippen LogP contribution >= 0.6 is 11.6 Å². The standard InChI is InChI=1S/C14H14ClNO4/c15-7-1-3-8(4-2-7)16-13(17)11-9-5-6-10(20-9)12(11)14(18)19/h1-4,9-12H,5-6H2,(H,16,17)(H,18,19)/p-1/t9-,10+,11+,12+/m1/s1. The molecule has 2 heterocycles. The van der Waals surface area contributed by atoms with Gasteiger partial charge < -0.3 is 20.0 Å². The van der Waals surface area contributed by atoms with Gasteiger partial charge in [0.2, 0.25) is 5.91 Å². The van der Waals surface area contributed by atoms with Crippen LogP contribution in [-0.4, -0.2) is 24.1 Å². The van der Waals surface area contributed by atoms with Gasteiger partial charge in [-0.15, -0.1) is 0 Å². The lowest BCUT2D eigenvalue weighted by atomic mass is 9.78. The Kier molecular flexibility index (Phi) is 3.40. The molecule has 0 aliphatic carbocycles. The third-order valence-corrected chi connectivity index (χ3v) is 4.21. The number of halogens is 1. The minimum Gasteiger partial charge on any atom is -0.550 e. The van der Waals surface area contributed by atoms with Gasteiger partial charge >= 0.3 is 0 Å². The maximum atomic E-state index is 12.3. The van der Waals surface area contributed by atoms with Gasteiger partial charge in [0.25, 0.3) is 0 Å². The number of aliphatic carboxylic acids is 1. The highest BCUT2D eigenvalue weighted by atomic mass is 35.5. The predicted octanol–water partition coefficient (Wildman–Crippen LogP) is 0.822. The Balaban J connectivity index is 1.76. The van der Waals surface area contributed by atoms with Crippen LogP contribution in [0.5, 0.6) is 0 Å². The number of nitrogens with one attached hydrogen (secondary N) is 1. The van der Waals surface area contributed by atoms with Crippen LogP contribution in [-0.2, 0) is 14.3 Å². The van der Waals surface area contributed by atoms with Gasteiger partial charge in [-0.25, -0.2) is 0 Å². The van der Waals surface area contributed by atoms with Crippen molar-refractivity contribution in [3.8, 4) is 0 Å². The molecule has 2 saturated heterocycles. The fraction of sp³-hybridized carbons (Fsp3) is 0.429. The lowest BCUT2D eigenvalue weighted by Gasteiger charge is -2.27. The number of ether oxygens (including phenoxy) is 1. The molecule has 20 heavy (non-hydrogen) atoms. The highest BCUT2D eigenvalue weighted by molar-refractivity contribution is 6.30. The Labute approximate surface area is 120 Å². The first-order valence-corrected chi connectivity index (χ1v) is 6.87. The first kappa shape index (κ1) is 13.4. The van der Waals surface area contributed by atoms with Crippen molar-refractivity contribution in [3.05, 3.63) is 29.3 Å². The summed E-state index contributed by atoms with van der Waals surface area (Å²) >= 11 is 5.77. The van der Waals surface area contributed by atoms with Gasteiger partial charge in [0.05, 0.1) is 18.1 Å². The Hall–Kier alpha value is -1.59. The predicted molar refractivity (Wildman–Crippen MR) is 70.0 cm³/mol. The molecule has 3 rings (SSSR count). The third-order valence-electron chi connectivity index (χ3n) is 3.96. The lowest BCUT2D eigenvalue weighted by Crippen LogP contribution is -2.46. The molecule has 0 unspecified atom stereocenters. The Morgan fingerprint density at radius 3 is 2.35 bits per heavy atom. The Morgan fingerprint density at radius 1 is 1.15 bits per heavy atom. The molecule has 0 radical (unpaired) electrons. The molecule has 2 aliphatic rings. The molecular formula is C14H13ClNO4-. The Bertz CT molecular complexity index is 545. The second-order valence-electron chi connectivity index (χ2n) is 5.16. The summed E-state index contributed by atoms with van der Waals surface area (Å²) in [5, 5.41) is 14.5. The SMILES string of the molecule is O=C([O-])[C@@H]1[C@@H](C(=O)Nc2ccc(Cl)cc2)[C@H]2CC[C@@H]1O2. The van der Waals surface area contributed by atoms with Crippen LogP contribution in [0.3, 0.4) is 0 Å². The Morgan fingerprint density at radius 2 is 1.75 bits per heavy atom. The van der Waals surface area contributed by atoms with Crippen molar-refractivity contribution in [3.63, 3.8) is 0 Å². The summed E-state index contributed by atoms with van der Waals surface area (Å²) < 4.78 is 5.53. The lowest BCUT2D eigenvalue weighted by molar-refractivity contribution is -0.313. The second kappa shape index (κ2) is 5.07. The van der Waals surface area contributed by atoms with Gasteiger partial charge in [0.15, 0.2) is 0 Å². The van der Waals surface area contributed by atoms with Gasteiger partial charge in [-0.3, -0.25) is 4.79 Å². The average molecular weight is 295 g/mol. The smallest absolute Gasteiger partial charge is 0.230 e. The van der Waals surface area contributed by atoms with E-state index in [1.165, 1.54) is 0 Å². The topological polar surface area (TPSA) is 78.5 Å². The van der Waals surface area contributed by atoms with E-state index in [-0.39, 0.29) is 12.0 Å². The van der Waals surface area contributed by atoms with Crippen molar-refractivity contribution >= 4 is 29.2 Å². The molecule has 1 aromatic rings. The van der Waals surface area contributed by atoms with Crippen LogP contribution in [0.1, 0.15) is 12.8 Å². The van der Waals surface area contributed by atoms with E-state index in [9.17, 15) is 14.7 Å². The number of anilines is 1. The maximum Gasteiger partial charge on any atom is 0.230 e. The molecule has 2 aliphatic heterocycles. The van der Waals surface area contributed by atoms with Crippen molar-refractivity contribution in [2.24, 2.45) is 11.8 Å². The molecule has 1 aromatic carbocycles. The number of carbonyl (C=O) groups is 2.